The molecule has 8 heteroatoms. The Balaban J connectivity index is 1.41. The van der Waals surface area contributed by atoms with Crippen LogP contribution in [0.15, 0.2) is 90.1 Å². The van der Waals surface area contributed by atoms with Gasteiger partial charge in [0.1, 0.15) is 11.0 Å². The molecule has 0 bridgehead atoms. The Hall–Kier alpha value is -3.78. The van der Waals surface area contributed by atoms with Crippen molar-refractivity contribution in [3.63, 3.8) is 0 Å². The van der Waals surface area contributed by atoms with Crippen molar-refractivity contribution >= 4 is 17.7 Å². The second-order valence-corrected chi connectivity index (χ2v) is 8.74. The molecule has 1 aliphatic heterocycles. The number of benzene rings is 3. The van der Waals surface area contributed by atoms with E-state index in [9.17, 15) is 4.79 Å². The second-order valence-electron chi connectivity index (χ2n) is 7.63. The number of nitrogens with one attached hydrogen (secondary N) is 2. The van der Waals surface area contributed by atoms with E-state index in [2.05, 4.69) is 20.9 Å². The number of ether oxygens (including phenoxy) is 1. The normalized spacial score (nSPS) is 17.0. The maximum Gasteiger partial charge on any atom is 0.236 e. The van der Waals surface area contributed by atoms with Crippen molar-refractivity contribution in [3.8, 4) is 17.1 Å². The number of nitrogens with zero attached hydrogens (tertiary/aromatic N) is 3. The lowest BCUT2D eigenvalue weighted by Crippen LogP contribution is -2.43. The maximum absolute atomic E-state index is 13.3. The summed E-state index contributed by atoms with van der Waals surface area (Å²) in [7, 11) is 1.63. The van der Waals surface area contributed by atoms with Gasteiger partial charge < -0.3 is 15.5 Å². The van der Waals surface area contributed by atoms with Crippen LogP contribution in [0.1, 0.15) is 17.2 Å². The number of amides is 1. The second kappa shape index (κ2) is 9.38. The SMILES string of the molecule is COc1ccc(CNC(=O)C2Sc3nnc(-c4ccccc4)n3NC2c2ccccc2)cc1. The zero-order chi connectivity index (χ0) is 22.6. The number of carbonyl (C=O) groups excluding carboxylic acids is 1. The van der Waals surface area contributed by atoms with Gasteiger partial charge in [0.15, 0.2) is 5.82 Å². The summed E-state index contributed by atoms with van der Waals surface area (Å²) < 4.78 is 7.09. The summed E-state index contributed by atoms with van der Waals surface area (Å²) in [6.07, 6.45) is 0. The Morgan fingerprint density at radius 3 is 2.39 bits per heavy atom. The number of hydrogen-bond donors (Lipinski definition) is 2. The molecule has 0 aliphatic carbocycles. The summed E-state index contributed by atoms with van der Waals surface area (Å²) >= 11 is 1.42. The molecule has 0 spiro atoms. The van der Waals surface area contributed by atoms with Gasteiger partial charge in [0.05, 0.1) is 13.2 Å². The number of rotatable bonds is 6. The Kier molecular flexibility index (Phi) is 5.99. The minimum absolute atomic E-state index is 0.0623. The first-order valence-electron chi connectivity index (χ1n) is 10.6. The average Bonchev–Trinajstić information content (AvgIpc) is 3.31. The molecule has 0 saturated heterocycles. The third-order valence-electron chi connectivity index (χ3n) is 5.51. The summed E-state index contributed by atoms with van der Waals surface area (Å²) in [6, 6.07) is 27.3. The topological polar surface area (TPSA) is 81.1 Å². The molecule has 166 valence electrons. The van der Waals surface area contributed by atoms with Crippen molar-refractivity contribution in [3.05, 3.63) is 96.1 Å². The van der Waals surface area contributed by atoms with Crippen LogP contribution in [-0.2, 0) is 11.3 Å². The van der Waals surface area contributed by atoms with Crippen molar-refractivity contribution in [2.24, 2.45) is 0 Å². The fraction of sp³-hybridized carbons (Fsp3) is 0.160. The lowest BCUT2D eigenvalue weighted by Gasteiger charge is -2.33. The van der Waals surface area contributed by atoms with Crippen LogP contribution in [0.5, 0.6) is 5.75 Å². The van der Waals surface area contributed by atoms with Crippen LogP contribution in [0.25, 0.3) is 11.4 Å². The first-order valence-corrected chi connectivity index (χ1v) is 11.5. The van der Waals surface area contributed by atoms with Gasteiger partial charge in [-0.2, -0.15) is 0 Å². The molecule has 5 rings (SSSR count). The monoisotopic (exact) mass is 457 g/mol. The molecule has 2 unspecified atom stereocenters. The van der Waals surface area contributed by atoms with E-state index in [4.69, 9.17) is 4.74 Å². The fourth-order valence-corrected chi connectivity index (χ4v) is 4.88. The lowest BCUT2D eigenvalue weighted by atomic mass is 10.0. The number of carbonyl (C=O) groups is 1. The number of thioether (sulfide) groups is 1. The van der Waals surface area contributed by atoms with Crippen LogP contribution in [0.4, 0.5) is 0 Å². The molecule has 1 aliphatic rings. The zero-order valence-corrected chi connectivity index (χ0v) is 18.8. The van der Waals surface area contributed by atoms with Gasteiger partial charge in [-0.15, -0.1) is 10.2 Å². The van der Waals surface area contributed by atoms with E-state index in [-0.39, 0.29) is 11.9 Å². The van der Waals surface area contributed by atoms with Gasteiger partial charge in [-0.1, -0.05) is 84.6 Å². The highest BCUT2D eigenvalue weighted by Gasteiger charge is 2.37. The van der Waals surface area contributed by atoms with Crippen LogP contribution in [0.2, 0.25) is 0 Å². The summed E-state index contributed by atoms with van der Waals surface area (Å²) in [5, 5.41) is 12.1. The molecule has 0 radical (unpaired) electrons. The van der Waals surface area contributed by atoms with Crippen molar-refractivity contribution in [1.82, 2.24) is 20.2 Å². The van der Waals surface area contributed by atoms with E-state index in [1.54, 1.807) is 7.11 Å². The molecular weight excluding hydrogens is 434 g/mol. The predicted octanol–water partition coefficient (Wildman–Crippen LogP) is 4.03. The van der Waals surface area contributed by atoms with Crippen molar-refractivity contribution in [2.45, 2.75) is 23.0 Å². The number of fused-ring (bicyclic) bond motifs is 1. The minimum atomic E-state index is -0.411. The van der Waals surface area contributed by atoms with Gasteiger partial charge in [0.2, 0.25) is 11.1 Å². The Morgan fingerprint density at radius 2 is 1.70 bits per heavy atom. The standard InChI is InChI=1S/C25H23N5O2S/c1-32-20-14-12-17(13-15-20)16-26-24(31)22-21(18-8-4-2-5-9-18)29-30-23(27-28-25(30)33-22)19-10-6-3-7-11-19/h2-15,21-22,29H,16H2,1H3,(H,26,31). The summed E-state index contributed by atoms with van der Waals surface area (Å²) in [5.41, 5.74) is 6.48. The Bertz CT molecular complexity index is 1230. The van der Waals surface area contributed by atoms with Crippen LogP contribution in [-0.4, -0.2) is 33.1 Å². The molecule has 4 aromatic rings. The molecule has 1 amide bonds. The molecule has 2 heterocycles. The third kappa shape index (κ3) is 4.42. The highest BCUT2D eigenvalue weighted by atomic mass is 32.2. The quantitative estimate of drug-likeness (QED) is 0.455. The smallest absolute Gasteiger partial charge is 0.236 e. The highest BCUT2D eigenvalue weighted by Crippen LogP contribution is 2.38. The fourth-order valence-electron chi connectivity index (χ4n) is 3.77. The minimum Gasteiger partial charge on any atom is -0.497 e. The molecule has 2 N–H and O–H groups in total. The van der Waals surface area contributed by atoms with E-state index in [0.717, 1.165) is 28.3 Å². The first-order chi connectivity index (χ1) is 16.2. The van der Waals surface area contributed by atoms with Crippen LogP contribution in [0.3, 0.4) is 0 Å². The van der Waals surface area contributed by atoms with Gasteiger partial charge in [0.25, 0.3) is 0 Å². The average molecular weight is 458 g/mol. The van der Waals surface area contributed by atoms with Crippen molar-refractivity contribution in [1.29, 1.82) is 0 Å². The highest BCUT2D eigenvalue weighted by molar-refractivity contribution is 8.00. The number of aromatic nitrogens is 3. The predicted molar refractivity (Wildman–Crippen MR) is 128 cm³/mol. The van der Waals surface area contributed by atoms with Gasteiger partial charge in [0, 0.05) is 12.1 Å². The van der Waals surface area contributed by atoms with Gasteiger partial charge in [-0.3, -0.25) is 4.79 Å². The van der Waals surface area contributed by atoms with Crippen LogP contribution >= 0.6 is 11.8 Å². The lowest BCUT2D eigenvalue weighted by molar-refractivity contribution is -0.121. The molecule has 0 fully saturated rings. The van der Waals surface area contributed by atoms with Crippen molar-refractivity contribution in [2.75, 3.05) is 12.5 Å². The largest absolute Gasteiger partial charge is 0.497 e. The molecule has 33 heavy (non-hydrogen) atoms. The molecular formula is C25H23N5O2S. The van der Waals surface area contributed by atoms with Gasteiger partial charge in [-0.05, 0) is 23.3 Å². The van der Waals surface area contributed by atoms with E-state index < -0.39 is 5.25 Å². The molecule has 2 atom stereocenters. The molecule has 0 saturated carbocycles. The van der Waals surface area contributed by atoms with Gasteiger partial charge in [-0.25, -0.2) is 4.68 Å². The number of methoxy groups -OCH3 is 1. The van der Waals surface area contributed by atoms with Gasteiger partial charge >= 0.3 is 0 Å². The maximum atomic E-state index is 13.3. The van der Waals surface area contributed by atoms with E-state index in [1.165, 1.54) is 11.8 Å². The zero-order valence-electron chi connectivity index (χ0n) is 18.0. The van der Waals surface area contributed by atoms with Crippen LogP contribution < -0.4 is 15.5 Å². The third-order valence-corrected chi connectivity index (χ3v) is 6.73. The summed E-state index contributed by atoms with van der Waals surface area (Å²) in [4.78, 5) is 13.3. The van der Waals surface area contributed by atoms with Crippen molar-refractivity contribution < 1.29 is 9.53 Å². The molecule has 3 aromatic carbocycles. The Labute approximate surface area is 196 Å². The van der Waals surface area contributed by atoms with E-state index >= 15 is 0 Å². The molecule has 7 nitrogen and oxygen atoms in total. The Morgan fingerprint density at radius 1 is 1.00 bits per heavy atom. The number of hydrogen-bond acceptors (Lipinski definition) is 6. The van der Waals surface area contributed by atoms with Crippen LogP contribution in [0, 0.1) is 0 Å². The van der Waals surface area contributed by atoms with E-state index in [1.807, 2.05) is 89.6 Å². The molecule has 1 aromatic heterocycles. The summed E-state index contributed by atoms with van der Waals surface area (Å²) in [5.74, 6) is 1.44. The first kappa shape index (κ1) is 21.1. The summed E-state index contributed by atoms with van der Waals surface area (Å²) in [6.45, 7) is 0.434. The van der Waals surface area contributed by atoms with E-state index in [0.29, 0.717) is 11.7 Å².